The van der Waals surface area contributed by atoms with Crippen LogP contribution in [0.4, 0.5) is 5.95 Å². The third-order valence-corrected chi connectivity index (χ3v) is 2.43. The highest BCUT2D eigenvalue weighted by Crippen LogP contribution is 2.16. The molecule has 0 saturated carbocycles. The van der Waals surface area contributed by atoms with Crippen molar-refractivity contribution in [2.24, 2.45) is 0 Å². The number of nitrogens with zero attached hydrogens (tertiary/aromatic N) is 3. The number of hydrogen-bond donors (Lipinski definition) is 3. The Morgan fingerprint density at radius 1 is 1.37 bits per heavy atom. The molecule has 0 aliphatic heterocycles. The van der Waals surface area contributed by atoms with Gasteiger partial charge in [-0.3, -0.25) is 5.73 Å². The summed E-state index contributed by atoms with van der Waals surface area (Å²) in [6.45, 7) is -0.578. The van der Waals surface area contributed by atoms with Gasteiger partial charge in [-0.15, -0.1) is 0 Å². The summed E-state index contributed by atoms with van der Waals surface area (Å²) in [5.74, 6) is -0.217. The zero-order valence-corrected chi connectivity index (χ0v) is 9.76. The van der Waals surface area contributed by atoms with Crippen molar-refractivity contribution in [1.29, 1.82) is 0 Å². The van der Waals surface area contributed by atoms with Gasteiger partial charge < -0.3 is 25.4 Å². The van der Waals surface area contributed by atoms with Crippen LogP contribution in [-0.4, -0.2) is 34.6 Å². The molecule has 2 rings (SSSR count). The van der Waals surface area contributed by atoms with Gasteiger partial charge in [-0.25, -0.2) is 4.73 Å². The molecule has 2 aromatic rings. The highest BCUT2D eigenvalue weighted by Gasteiger charge is 2.17. The first-order valence-electron chi connectivity index (χ1n) is 5.37. The Kier molecular flexibility index (Phi) is 3.49. The molecule has 0 bridgehead atoms. The fraction of sp³-hybridized carbons (Fsp3) is 0.300. The monoisotopic (exact) mass is 268 g/mol. The maximum Gasteiger partial charge on any atom is 0.458 e. The Balaban J connectivity index is 2.37. The van der Waals surface area contributed by atoms with Crippen molar-refractivity contribution in [2.45, 2.75) is 6.10 Å². The smallest absolute Gasteiger partial charge is 0.458 e. The first-order chi connectivity index (χ1) is 9.02. The van der Waals surface area contributed by atoms with Gasteiger partial charge in [0.1, 0.15) is 18.5 Å². The number of benzene rings is 1. The summed E-state index contributed by atoms with van der Waals surface area (Å²) in [5.41, 5.74) is 5.32. The number of nitrogen functional groups attached to an aromatic ring is 1. The van der Waals surface area contributed by atoms with Gasteiger partial charge in [0.25, 0.3) is 5.52 Å². The number of fused-ring (bicyclic) bond motifs is 1. The van der Waals surface area contributed by atoms with E-state index < -0.39 is 18.7 Å². The first kappa shape index (κ1) is 13.1. The molecule has 1 aromatic heterocycles. The number of anilines is 1. The van der Waals surface area contributed by atoms with Gasteiger partial charge in [0.2, 0.25) is 5.10 Å². The van der Waals surface area contributed by atoms with E-state index in [4.69, 9.17) is 20.7 Å². The highest BCUT2D eigenvalue weighted by molar-refractivity contribution is 5.69. The molecule has 0 aliphatic rings. The molecule has 9 heteroatoms. The normalized spacial score (nSPS) is 12.5. The second-order valence-corrected chi connectivity index (χ2v) is 3.82. The maximum absolute atomic E-state index is 11.7. The Morgan fingerprint density at radius 3 is 2.79 bits per heavy atom. The van der Waals surface area contributed by atoms with Crippen LogP contribution < -0.4 is 20.0 Å². The molecule has 19 heavy (non-hydrogen) atoms. The lowest BCUT2D eigenvalue weighted by Crippen LogP contribution is -2.44. The number of ether oxygens (including phenoxy) is 1. The Morgan fingerprint density at radius 2 is 2.11 bits per heavy atom. The minimum absolute atomic E-state index is 0.00140. The molecule has 0 amide bonds. The van der Waals surface area contributed by atoms with E-state index in [1.807, 2.05) is 0 Å². The van der Waals surface area contributed by atoms with E-state index in [1.165, 1.54) is 18.2 Å². The standard InChI is InChI=1S/C10H12N4O5/c11-10-12-14(18)8-2-1-7(3-9(8)13(10)17)19-5-6(16)4-15/h1-3,6,15-16H,4-5H2,(H2,11,12). The molecular formula is C10H12N4O5. The van der Waals surface area contributed by atoms with Crippen LogP contribution >= 0.6 is 0 Å². The largest absolute Gasteiger partial charge is 0.739 e. The van der Waals surface area contributed by atoms with Crippen LogP contribution in [0, 0.1) is 10.4 Å². The number of aliphatic hydroxyl groups excluding tert-OH is 2. The fourth-order valence-electron chi connectivity index (χ4n) is 1.47. The molecule has 1 aromatic carbocycles. The highest BCUT2D eigenvalue weighted by atomic mass is 16.5. The molecule has 9 nitrogen and oxygen atoms in total. The van der Waals surface area contributed by atoms with E-state index in [-0.39, 0.29) is 28.2 Å². The molecule has 4 N–H and O–H groups in total. The van der Waals surface area contributed by atoms with E-state index in [0.29, 0.717) is 4.73 Å². The fourth-order valence-corrected chi connectivity index (χ4v) is 1.47. The second-order valence-electron chi connectivity index (χ2n) is 3.82. The molecule has 0 spiro atoms. The molecule has 0 radical (unpaired) electrons. The quantitative estimate of drug-likeness (QED) is 0.422. The number of rotatable bonds is 4. The van der Waals surface area contributed by atoms with E-state index in [0.717, 1.165) is 0 Å². The summed E-state index contributed by atoms with van der Waals surface area (Å²) in [6.07, 6.45) is -1.03. The Bertz CT molecular complexity index is 606. The van der Waals surface area contributed by atoms with E-state index >= 15 is 0 Å². The predicted octanol–water partition coefficient (Wildman–Crippen LogP) is -2.18. The number of aromatic nitrogens is 3. The lowest BCUT2D eigenvalue weighted by Gasteiger charge is -2.11. The minimum atomic E-state index is -1.03. The molecule has 0 fully saturated rings. The molecule has 1 atom stereocenters. The molecule has 1 heterocycles. The number of nitrogens with two attached hydrogens (primary N) is 1. The Labute approximate surface area is 107 Å². The van der Waals surface area contributed by atoms with E-state index in [1.54, 1.807) is 0 Å². The molecular weight excluding hydrogens is 256 g/mol. The van der Waals surface area contributed by atoms with Crippen LogP contribution in [0.2, 0.25) is 0 Å². The van der Waals surface area contributed by atoms with Gasteiger partial charge in [-0.2, -0.15) is 0 Å². The van der Waals surface area contributed by atoms with Gasteiger partial charge >= 0.3 is 5.95 Å². The molecule has 0 saturated heterocycles. The van der Waals surface area contributed by atoms with Crippen LogP contribution in [0.1, 0.15) is 0 Å². The van der Waals surface area contributed by atoms with Crippen molar-refractivity contribution in [3.8, 4) is 5.75 Å². The van der Waals surface area contributed by atoms with E-state index in [2.05, 4.69) is 5.10 Å². The number of aliphatic hydroxyl groups is 2. The zero-order chi connectivity index (χ0) is 14.0. The maximum atomic E-state index is 11.7. The summed E-state index contributed by atoms with van der Waals surface area (Å²) in [6, 6.07) is 4.10. The van der Waals surface area contributed by atoms with Crippen molar-refractivity contribution in [2.75, 3.05) is 18.9 Å². The van der Waals surface area contributed by atoms with Crippen LogP contribution in [0.3, 0.4) is 0 Å². The lowest BCUT2D eigenvalue weighted by molar-refractivity contribution is -0.672. The van der Waals surface area contributed by atoms with Gasteiger partial charge in [0.05, 0.1) is 6.61 Å². The van der Waals surface area contributed by atoms with Crippen LogP contribution in [-0.2, 0) is 0 Å². The first-order valence-corrected chi connectivity index (χ1v) is 5.37. The molecule has 102 valence electrons. The van der Waals surface area contributed by atoms with Gasteiger partial charge in [-0.1, -0.05) is 0 Å². The molecule has 0 aliphatic carbocycles. The van der Waals surface area contributed by atoms with Gasteiger partial charge in [0.15, 0.2) is 5.52 Å². The minimum Gasteiger partial charge on any atom is -0.739 e. The third-order valence-electron chi connectivity index (χ3n) is 2.43. The summed E-state index contributed by atoms with van der Waals surface area (Å²) in [7, 11) is 0. The average Bonchev–Trinajstić information content (AvgIpc) is 2.42. The van der Waals surface area contributed by atoms with Crippen LogP contribution in [0.25, 0.3) is 11.0 Å². The lowest BCUT2D eigenvalue weighted by atomic mass is 10.3. The average molecular weight is 268 g/mol. The van der Waals surface area contributed by atoms with Crippen LogP contribution in [0.15, 0.2) is 18.2 Å². The number of hydrogen-bond acceptors (Lipinski definition) is 7. The summed E-state index contributed by atoms with van der Waals surface area (Å²) >= 11 is 0. The predicted molar refractivity (Wildman–Crippen MR) is 62.7 cm³/mol. The topological polar surface area (TPSA) is 142 Å². The SMILES string of the molecule is Nc1n[n+]([O-])c2ccc(OCC(O)CO)cc2[n+]1[O-]. The van der Waals surface area contributed by atoms with Crippen LogP contribution in [0.5, 0.6) is 5.75 Å². The van der Waals surface area contributed by atoms with Crippen molar-refractivity contribution >= 4 is 17.0 Å². The second kappa shape index (κ2) is 5.08. The third kappa shape index (κ3) is 2.56. The Hall–Kier alpha value is -2.39. The summed E-state index contributed by atoms with van der Waals surface area (Å²) < 4.78 is 5.47. The molecule has 1 unspecified atom stereocenters. The van der Waals surface area contributed by atoms with Crippen molar-refractivity contribution in [3.05, 3.63) is 28.6 Å². The van der Waals surface area contributed by atoms with Crippen molar-refractivity contribution in [3.63, 3.8) is 0 Å². The van der Waals surface area contributed by atoms with E-state index in [9.17, 15) is 10.4 Å². The summed E-state index contributed by atoms with van der Waals surface area (Å²) in [4.78, 5) is 0.241. The van der Waals surface area contributed by atoms with Crippen molar-refractivity contribution in [1.82, 2.24) is 5.10 Å². The van der Waals surface area contributed by atoms with Gasteiger partial charge in [-0.05, 0) is 6.07 Å². The van der Waals surface area contributed by atoms with Gasteiger partial charge in [0, 0.05) is 17.0 Å². The van der Waals surface area contributed by atoms with Crippen molar-refractivity contribution < 1.29 is 24.5 Å². The zero-order valence-electron chi connectivity index (χ0n) is 9.76. The summed E-state index contributed by atoms with van der Waals surface area (Å²) in [5, 5.41) is 44.2.